The summed E-state index contributed by atoms with van der Waals surface area (Å²) < 4.78 is 33.5. The van der Waals surface area contributed by atoms with Crippen LogP contribution in [0.2, 0.25) is 0 Å². The molecule has 2 N–H and O–H groups in total. The van der Waals surface area contributed by atoms with Gasteiger partial charge in [0.2, 0.25) is 0 Å². The van der Waals surface area contributed by atoms with Crippen molar-refractivity contribution in [3.05, 3.63) is 28.2 Å². The molecule has 0 bridgehead atoms. The third kappa shape index (κ3) is 5.90. The Hall–Kier alpha value is -0.630. The summed E-state index contributed by atoms with van der Waals surface area (Å²) in [7, 11) is -1.50. The summed E-state index contributed by atoms with van der Waals surface area (Å²) in [6, 6.07) is 4.76. The van der Waals surface area contributed by atoms with Gasteiger partial charge in [0, 0.05) is 19.4 Å². The summed E-state index contributed by atoms with van der Waals surface area (Å²) in [4.78, 5) is 0. The molecule has 1 atom stereocenters. The molecule has 0 spiro atoms. The van der Waals surface area contributed by atoms with Crippen LogP contribution in [0.3, 0.4) is 0 Å². The van der Waals surface area contributed by atoms with E-state index in [1.165, 1.54) is 6.26 Å². The zero-order chi connectivity index (χ0) is 14.5. The zero-order valence-corrected chi connectivity index (χ0v) is 13.3. The maximum Gasteiger partial charge on any atom is 0.149 e. The lowest BCUT2D eigenvalue weighted by Gasteiger charge is -2.13. The normalized spacial score (nSPS) is 13.3. The Kier molecular flexibility index (Phi) is 6.25. The first kappa shape index (κ1) is 16.4. The molecule has 0 aliphatic rings. The highest BCUT2D eigenvalue weighted by molar-refractivity contribution is 9.10. The van der Waals surface area contributed by atoms with Crippen LogP contribution in [0, 0.1) is 0 Å². The molecule has 0 amide bonds. The summed E-state index contributed by atoms with van der Waals surface area (Å²) in [5, 5.41) is 0. The van der Waals surface area contributed by atoms with E-state index in [-0.39, 0.29) is 5.75 Å². The van der Waals surface area contributed by atoms with Crippen LogP contribution in [0.15, 0.2) is 22.7 Å². The molecule has 0 aliphatic carbocycles. The summed E-state index contributed by atoms with van der Waals surface area (Å²) in [5.74, 6) is 0.593. The van der Waals surface area contributed by atoms with Gasteiger partial charge < -0.3 is 15.2 Å². The van der Waals surface area contributed by atoms with Gasteiger partial charge in [-0.05, 0) is 33.6 Å². The van der Waals surface area contributed by atoms with Crippen molar-refractivity contribution in [2.75, 3.05) is 32.3 Å². The molecule has 0 saturated heterocycles. The van der Waals surface area contributed by atoms with Crippen LogP contribution in [0.4, 0.5) is 0 Å². The quantitative estimate of drug-likeness (QED) is 0.753. The molecule has 0 radical (unpaired) electrons. The van der Waals surface area contributed by atoms with Gasteiger partial charge in [0.25, 0.3) is 0 Å². The number of halogens is 1. The Morgan fingerprint density at radius 2 is 2.05 bits per heavy atom. The van der Waals surface area contributed by atoms with Gasteiger partial charge in [-0.25, -0.2) is 8.42 Å². The molecule has 5 nitrogen and oxygen atoms in total. The molecule has 0 heterocycles. The van der Waals surface area contributed by atoms with Crippen LogP contribution < -0.4 is 10.5 Å². The van der Waals surface area contributed by atoms with Gasteiger partial charge in [-0.3, -0.25) is 0 Å². The molecule has 1 unspecified atom stereocenters. The van der Waals surface area contributed by atoms with E-state index in [2.05, 4.69) is 15.9 Å². The minimum Gasteiger partial charge on any atom is -0.490 e. The van der Waals surface area contributed by atoms with Crippen molar-refractivity contribution >= 4 is 25.8 Å². The highest BCUT2D eigenvalue weighted by Gasteiger charge is 2.14. The minimum absolute atomic E-state index is 0.0800. The van der Waals surface area contributed by atoms with Crippen LogP contribution in [-0.4, -0.2) is 40.7 Å². The molecule has 1 rings (SSSR count). The summed E-state index contributed by atoms with van der Waals surface area (Å²) >= 11 is 3.38. The zero-order valence-electron chi connectivity index (χ0n) is 10.9. The molecule has 0 saturated carbocycles. The SMILES string of the molecule is COCCOc1ccc(C(N)CS(C)(=O)=O)cc1Br. The van der Waals surface area contributed by atoms with Crippen LogP contribution in [0.5, 0.6) is 5.75 Å². The first-order valence-electron chi connectivity index (χ1n) is 5.68. The van der Waals surface area contributed by atoms with Gasteiger partial charge in [0.15, 0.2) is 0 Å². The van der Waals surface area contributed by atoms with Crippen molar-refractivity contribution in [2.45, 2.75) is 6.04 Å². The van der Waals surface area contributed by atoms with Crippen molar-refractivity contribution in [2.24, 2.45) is 5.73 Å². The predicted molar refractivity (Wildman–Crippen MR) is 78.2 cm³/mol. The highest BCUT2D eigenvalue weighted by atomic mass is 79.9. The Bertz CT molecular complexity index is 518. The number of ether oxygens (including phenoxy) is 2. The molecular formula is C12H18BrNO4S. The highest BCUT2D eigenvalue weighted by Crippen LogP contribution is 2.28. The van der Waals surface area contributed by atoms with E-state index in [0.717, 1.165) is 10.0 Å². The molecule has 108 valence electrons. The summed E-state index contributed by atoms with van der Waals surface area (Å²) in [5.41, 5.74) is 6.61. The molecule has 19 heavy (non-hydrogen) atoms. The number of methoxy groups -OCH3 is 1. The predicted octanol–water partition coefficient (Wildman–Crippen LogP) is 1.52. The second-order valence-electron chi connectivity index (χ2n) is 4.23. The number of hydrogen-bond donors (Lipinski definition) is 1. The first-order chi connectivity index (χ1) is 8.83. The van der Waals surface area contributed by atoms with Gasteiger partial charge in [0.1, 0.15) is 22.2 Å². The lowest BCUT2D eigenvalue weighted by Crippen LogP contribution is -2.20. The molecule has 1 aromatic rings. The van der Waals surface area contributed by atoms with Crippen molar-refractivity contribution in [1.82, 2.24) is 0 Å². The fraction of sp³-hybridized carbons (Fsp3) is 0.500. The number of benzene rings is 1. The average Bonchev–Trinajstić information content (AvgIpc) is 2.29. The van der Waals surface area contributed by atoms with Crippen LogP contribution in [0.25, 0.3) is 0 Å². The third-order valence-electron chi connectivity index (χ3n) is 2.41. The van der Waals surface area contributed by atoms with E-state index >= 15 is 0 Å². The molecule has 1 aromatic carbocycles. The van der Waals surface area contributed by atoms with Crippen molar-refractivity contribution in [3.8, 4) is 5.75 Å². The fourth-order valence-electron chi connectivity index (χ4n) is 1.52. The van der Waals surface area contributed by atoms with E-state index in [9.17, 15) is 8.42 Å². The van der Waals surface area contributed by atoms with Gasteiger partial charge in [-0.2, -0.15) is 0 Å². The molecular weight excluding hydrogens is 334 g/mol. The third-order valence-corrected chi connectivity index (χ3v) is 4.00. The standard InChI is InChI=1S/C12H18BrNO4S/c1-17-5-6-18-12-4-3-9(7-10(12)13)11(14)8-19(2,15)16/h3-4,7,11H,5-6,8,14H2,1-2H3. The lowest BCUT2D eigenvalue weighted by molar-refractivity contribution is 0.146. The second kappa shape index (κ2) is 7.23. The van der Waals surface area contributed by atoms with Gasteiger partial charge in [-0.1, -0.05) is 6.07 Å². The Labute approximate surface area is 122 Å². The Morgan fingerprint density at radius 1 is 1.37 bits per heavy atom. The Morgan fingerprint density at radius 3 is 2.58 bits per heavy atom. The first-order valence-corrected chi connectivity index (χ1v) is 8.53. The van der Waals surface area contributed by atoms with Gasteiger partial charge in [0.05, 0.1) is 16.8 Å². The number of sulfone groups is 1. The van der Waals surface area contributed by atoms with E-state index in [4.69, 9.17) is 15.2 Å². The van der Waals surface area contributed by atoms with Crippen LogP contribution in [0.1, 0.15) is 11.6 Å². The van der Waals surface area contributed by atoms with Crippen LogP contribution in [-0.2, 0) is 14.6 Å². The topological polar surface area (TPSA) is 78.6 Å². The average molecular weight is 352 g/mol. The lowest BCUT2D eigenvalue weighted by atomic mass is 10.1. The van der Waals surface area contributed by atoms with Crippen molar-refractivity contribution < 1.29 is 17.9 Å². The fourth-order valence-corrected chi connectivity index (χ4v) is 2.88. The monoisotopic (exact) mass is 351 g/mol. The van der Waals surface area contributed by atoms with Gasteiger partial charge >= 0.3 is 0 Å². The van der Waals surface area contributed by atoms with Crippen LogP contribution >= 0.6 is 15.9 Å². The molecule has 0 fully saturated rings. The number of hydrogen-bond acceptors (Lipinski definition) is 5. The van der Waals surface area contributed by atoms with E-state index in [1.807, 2.05) is 0 Å². The van der Waals surface area contributed by atoms with E-state index in [0.29, 0.717) is 19.0 Å². The van der Waals surface area contributed by atoms with E-state index < -0.39 is 15.9 Å². The van der Waals surface area contributed by atoms with Crippen molar-refractivity contribution in [1.29, 1.82) is 0 Å². The second-order valence-corrected chi connectivity index (χ2v) is 7.27. The summed E-state index contributed by atoms with van der Waals surface area (Å²) in [6.07, 6.45) is 1.17. The number of nitrogens with two attached hydrogens (primary N) is 1. The molecule has 0 aliphatic heterocycles. The maximum atomic E-state index is 11.2. The minimum atomic E-state index is -3.10. The molecule has 0 aromatic heterocycles. The largest absolute Gasteiger partial charge is 0.490 e. The smallest absolute Gasteiger partial charge is 0.149 e. The van der Waals surface area contributed by atoms with Crippen molar-refractivity contribution in [3.63, 3.8) is 0 Å². The van der Waals surface area contributed by atoms with E-state index in [1.54, 1.807) is 25.3 Å². The number of rotatable bonds is 7. The Balaban J connectivity index is 2.75. The maximum absolute atomic E-state index is 11.2. The summed E-state index contributed by atoms with van der Waals surface area (Å²) in [6.45, 7) is 0.950. The molecule has 7 heteroatoms. The van der Waals surface area contributed by atoms with Gasteiger partial charge in [-0.15, -0.1) is 0 Å².